The van der Waals surface area contributed by atoms with Crippen LogP contribution >= 0.6 is 0 Å². The number of hydrogen-bond donors (Lipinski definition) is 1. The number of carbonyl (C=O) groups is 1. The molecule has 0 radical (unpaired) electrons. The maximum atomic E-state index is 13.2. The number of fused-ring (bicyclic) bond motifs is 2. The van der Waals surface area contributed by atoms with Gasteiger partial charge in [-0.25, -0.2) is 9.40 Å². The van der Waals surface area contributed by atoms with E-state index in [1.165, 1.54) is 35.6 Å². The number of piperidine rings is 3. The van der Waals surface area contributed by atoms with Crippen LogP contribution in [0.5, 0.6) is 0 Å². The van der Waals surface area contributed by atoms with Gasteiger partial charge < -0.3 is 4.90 Å². The van der Waals surface area contributed by atoms with Crippen molar-refractivity contribution in [3.8, 4) is 0 Å². The highest BCUT2D eigenvalue weighted by Crippen LogP contribution is 2.36. The van der Waals surface area contributed by atoms with Crippen LogP contribution in [0.2, 0.25) is 0 Å². The van der Waals surface area contributed by atoms with Crippen LogP contribution < -0.4 is 4.90 Å². The van der Waals surface area contributed by atoms with Crippen molar-refractivity contribution in [2.75, 3.05) is 13.1 Å². The zero-order chi connectivity index (χ0) is 14.6. The normalized spacial score (nSPS) is 33.8. The predicted octanol–water partition coefficient (Wildman–Crippen LogP) is 0.762. The Morgan fingerprint density at radius 3 is 2.57 bits per heavy atom. The Balaban J connectivity index is 1.77. The Morgan fingerprint density at radius 1 is 1.29 bits per heavy atom. The third-order valence-electron chi connectivity index (χ3n) is 5.14. The predicted molar refractivity (Wildman–Crippen MR) is 76.3 cm³/mol. The van der Waals surface area contributed by atoms with Crippen LogP contribution in [0.15, 0.2) is 29.4 Å². The standard InChI is InChI=1S/C16H18FN3O/c1-10(21)20-15(12-2-4-13(17)5-3-12)16-14(18-20)11-6-8-19(16)9-7-11/h2-5,11,15-16H,6-9H2,1H3/p+1/t15-,16-/m0/s1. The lowest BCUT2D eigenvalue weighted by Gasteiger charge is -2.42. The lowest BCUT2D eigenvalue weighted by Crippen LogP contribution is -3.20. The third kappa shape index (κ3) is 1.91. The molecule has 0 aliphatic carbocycles. The molecule has 21 heavy (non-hydrogen) atoms. The van der Waals surface area contributed by atoms with Gasteiger partial charge >= 0.3 is 0 Å². The number of quaternary nitrogens is 1. The second-order valence-corrected chi connectivity index (χ2v) is 6.30. The first-order valence-electron chi connectivity index (χ1n) is 7.63. The highest BCUT2D eigenvalue weighted by molar-refractivity contribution is 5.95. The summed E-state index contributed by atoms with van der Waals surface area (Å²) >= 11 is 0. The quantitative estimate of drug-likeness (QED) is 0.814. The molecule has 5 heteroatoms. The summed E-state index contributed by atoms with van der Waals surface area (Å²) in [7, 11) is 0. The number of hydrazone groups is 1. The van der Waals surface area contributed by atoms with E-state index in [4.69, 9.17) is 0 Å². The van der Waals surface area contributed by atoms with Crippen LogP contribution in [0.1, 0.15) is 31.4 Å². The van der Waals surface area contributed by atoms with Gasteiger partial charge in [-0.3, -0.25) is 4.79 Å². The van der Waals surface area contributed by atoms with Gasteiger partial charge in [0, 0.05) is 25.7 Å². The van der Waals surface area contributed by atoms with E-state index in [1.54, 1.807) is 24.1 Å². The fraction of sp³-hybridized carbons (Fsp3) is 0.500. The molecule has 2 bridgehead atoms. The molecule has 4 nitrogen and oxygen atoms in total. The Bertz CT molecular complexity index is 604. The van der Waals surface area contributed by atoms with Crippen molar-refractivity contribution < 1.29 is 14.1 Å². The topological polar surface area (TPSA) is 37.1 Å². The van der Waals surface area contributed by atoms with E-state index in [9.17, 15) is 9.18 Å². The van der Waals surface area contributed by atoms with Gasteiger partial charge in [0.25, 0.3) is 0 Å². The smallest absolute Gasteiger partial charge is 0.240 e. The van der Waals surface area contributed by atoms with Crippen LogP contribution in [0.3, 0.4) is 0 Å². The van der Waals surface area contributed by atoms with E-state index in [2.05, 4.69) is 5.10 Å². The molecule has 3 saturated heterocycles. The first-order chi connectivity index (χ1) is 10.1. The van der Waals surface area contributed by atoms with Crippen molar-refractivity contribution in [3.05, 3.63) is 35.6 Å². The average Bonchev–Trinajstić information content (AvgIpc) is 2.92. The van der Waals surface area contributed by atoms with Crippen LogP contribution in [0.4, 0.5) is 4.39 Å². The molecule has 5 rings (SSSR count). The summed E-state index contributed by atoms with van der Waals surface area (Å²) in [6.45, 7) is 3.86. The molecule has 1 aromatic rings. The molecule has 4 aliphatic rings. The zero-order valence-electron chi connectivity index (χ0n) is 12.1. The van der Waals surface area contributed by atoms with Crippen LogP contribution in [-0.2, 0) is 4.79 Å². The Labute approximate surface area is 123 Å². The van der Waals surface area contributed by atoms with Gasteiger partial charge in [0.2, 0.25) is 5.91 Å². The molecule has 4 heterocycles. The molecular weight excluding hydrogens is 269 g/mol. The van der Waals surface area contributed by atoms with Crippen LogP contribution in [0.25, 0.3) is 0 Å². The highest BCUT2D eigenvalue weighted by Gasteiger charge is 2.53. The van der Waals surface area contributed by atoms with E-state index < -0.39 is 0 Å². The van der Waals surface area contributed by atoms with Crippen molar-refractivity contribution in [3.63, 3.8) is 0 Å². The minimum Gasteiger partial charge on any atom is -0.326 e. The summed E-state index contributed by atoms with van der Waals surface area (Å²) in [4.78, 5) is 13.5. The maximum absolute atomic E-state index is 13.2. The van der Waals surface area contributed by atoms with Crippen molar-refractivity contribution in [2.45, 2.75) is 31.8 Å². The molecule has 0 unspecified atom stereocenters. The van der Waals surface area contributed by atoms with Gasteiger partial charge in [-0.15, -0.1) is 0 Å². The Hall–Kier alpha value is -1.75. The number of halogens is 1. The number of carbonyl (C=O) groups excluding carboxylic acids is 1. The number of hydrogen-bond acceptors (Lipinski definition) is 2. The summed E-state index contributed by atoms with van der Waals surface area (Å²) in [5, 5.41) is 6.28. The first kappa shape index (κ1) is 13.0. The molecule has 4 aliphatic heterocycles. The van der Waals surface area contributed by atoms with E-state index in [0.29, 0.717) is 5.92 Å². The van der Waals surface area contributed by atoms with E-state index in [-0.39, 0.29) is 23.8 Å². The van der Waals surface area contributed by atoms with Crippen molar-refractivity contribution in [1.82, 2.24) is 5.01 Å². The lowest BCUT2D eigenvalue weighted by atomic mass is 9.78. The maximum Gasteiger partial charge on any atom is 0.240 e. The molecule has 2 atom stereocenters. The van der Waals surface area contributed by atoms with Gasteiger partial charge in [-0.05, 0) is 17.7 Å². The SMILES string of the molecule is CC(=O)N1N=C2C3CC[NH+](CC3)[C@@H]2[C@@H]1c1ccc(F)cc1. The second kappa shape index (κ2) is 4.63. The monoisotopic (exact) mass is 288 g/mol. The zero-order valence-corrected chi connectivity index (χ0v) is 12.1. The van der Waals surface area contributed by atoms with Crippen LogP contribution in [-0.4, -0.2) is 35.8 Å². The summed E-state index contributed by atoms with van der Waals surface area (Å²) in [6, 6.07) is 6.70. The molecule has 1 aromatic carbocycles. The molecule has 0 spiro atoms. The minimum atomic E-state index is -0.245. The largest absolute Gasteiger partial charge is 0.326 e. The summed E-state index contributed by atoms with van der Waals surface area (Å²) in [6.07, 6.45) is 2.35. The molecular formula is C16H19FN3O+. The summed E-state index contributed by atoms with van der Waals surface area (Å²) in [5.41, 5.74) is 2.17. The number of benzene rings is 1. The number of nitrogens with zero attached hydrogens (tertiary/aromatic N) is 2. The van der Waals surface area contributed by atoms with Gasteiger partial charge in [0.15, 0.2) is 6.04 Å². The summed E-state index contributed by atoms with van der Waals surface area (Å²) < 4.78 is 13.2. The fourth-order valence-corrected chi connectivity index (χ4v) is 4.17. The number of nitrogens with one attached hydrogen (secondary N) is 1. The Morgan fingerprint density at radius 2 is 1.95 bits per heavy atom. The van der Waals surface area contributed by atoms with Gasteiger partial charge in [0.1, 0.15) is 17.6 Å². The number of amides is 1. The molecule has 0 saturated carbocycles. The van der Waals surface area contributed by atoms with Gasteiger partial charge in [-0.2, -0.15) is 5.10 Å². The Kier molecular flexibility index (Phi) is 2.85. The molecule has 110 valence electrons. The highest BCUT2D eigenvalue weighted by atomic mass is 19.1. The summed E-state index contributed by atoms with van der Waals surface area (Å²) in [5.74, 6) is 0.246. The minimum absolute atomic E-state index is 0.0359. The number of rotatable bonds is 1. The molecule has 3 fully saturated rings. The van der Waals surface area contributed by atoms with Crippen LogP contribution in [0, 0.1) is 11.7 Å². The fourth-order valence-electron chi connectivity index (χ4n) is 4.17. The van der Waals surface area contributed by atoms with E-state index >= 15 is 0 Å². The van der Waals surface area contributed by atoms with Crippen molar-refractivity contribution >= 4 is 11.6 Å². The first-order valence-corrected chi connectivity index (χ1v) is 7.63. The van der Waals surface area contributed by atoms with Crippen molar-refractivity contribution in [1.29, 1.82) is 0 Å². The lowest BCUT2D eigenvalue weighted by molar-refractivity contribution is -0.927. The molecule has 1 amide bonds. The second-order valence-electron chi connectivity index (χ2n) is 6.30. The third-order valence-corrected chi connectivity index (χ3v) is 5.14. The van der Waals surface area contributed by atoms with Crippen molar-refractivity contribution in [2.24, 2.45) is 11.0 Å². The average molecular weight is 288 g/mol. The van der Waals surface area contributed by atoms with Gasteiger partial charge in [0.05, 0.1) is 13.1 Å². The molecule has 0 aromatic heterocycles. The molecule has 1 N–H and O–H groups in total. The van der Waals surface area contributed by atoms with E-state index in [0.717, 1.165) is 18.7 Å². The van der Waals surface area contributed by atoms with Gasteiger partial charge in [-0.1, -0.05) is 12.1 Å². The van der Waals surface area contributed by atoms with E-state index in [1.807, 2.05) is 0 Å².